The van der Waals surface area contributed by atoms with Crippen molar-refractivity contribution in [2.75, 3.05) is 6.61 Å². The van der Waals surface area contributed by atoms with Crippen LogP contribution in [0.2, 0.25) is 0 Å². The molecule has 2 heteroatoms. The zero-order valence-electron chi connectivity index (χ0n) is 13.1. The molecule has 1 aliphatic carbocycles. The van der Waals surface area contributed by atoms with Crippen LogP contribution in [0.3, 0.4) is 0 Å². The van der Waals surface area contributed by atoms with E-state index in [1.807, 2.05) is 18.2 Å². The first-order valence-corrected chi connectivity index (χ1v) is 7.92. The molecule has 1 aliphatic rings. The smallest absolute Gasteiger partial charge is 0.0626 e. The number of rotatable bonds is 4. The Bertz CT molecular complexity index is 388. The Labute approximate surface area is 123 Å². The molecule has 0 spiro atoms. The quantitative estimate of drug-likeness (QED) is 0.873. The van der Waals surface area contributed by atoms with Gasteiger partial charge in [0.1, 0.15) is 0 Å². The number of aliphatic hydroxyl groups excluding tert-OH is 1. The van der Waals surface area contributed by atoms with E-state index in [1.54, 1.807) is 0 Å². The summed E-state index contributed by atoms with van der Waals surface area (Å²) in [5, 5.41) is 13.3. The Kier molecular flexibility index (Phi) is 5.22. The lowest BCUT2D eigenvalue weighted by Crippen LogP contribution is -2.39. The summed E-state index contributed by atoms with van der Waals surface area (Å²) >= 11 is 0. The maximum absolute atomic E-state index is 9.63. The Hall–Kier alpha value is -0.860. The number of nitrogens with one attached hydrogen (secondary N) is 1. The average Bonchev–Trinajstić information content (AvgIpc) is 2.45. The van der Waals surface area contributed by atoms with Crippen molar-refractivity contribution >= 4 is 0 Å². The van der Waals surface area contributed by atoms with Gasteiger partial charge in [0.05, 0.1) is 12.6 Å². The molecule has 0 radical (unpaired) electrons. The van der Waals surface area contributed by atoms with Crippen molar-refractivity contribution in [3.63, 3.8) is 0 Å². The fraction of sp³-hybridized carbons (Fsp3) is 0.667. The van der Waals surface area contributed by atoms with E-state index in [1.165, 1.54) is 31.2 Å². The van der Waals surface area contributed by atoms with Gasteiger partial charge in [-0.05, 0) is 42.6 Å². The van der Waals surface area contributed by atoms with Gasteiger partial charge in [-0.3, -0.25) is 0 Å². The van der Waals surface area contributed by atoms with E-state index in [0.29, 0.717) is 11.5 Å². The summed E-state index contributed by atoms with van der Waals surface area (Å²) in [6.45, 7) is 7.23. The van der Waals surface area contributed by atoms with E-state index in [-0.39, 0.29) is 12.6 Å². The van der Waals surface area contributed by atoms with Gasteiger partial charge >= 0.3 is 0 Å². The lowest BCUT2D eigenvalue weighted by Gasteiger charge is -2.38. The van der Waals surface area contributed by atoms with Crippen molar-refractivity contribution in [2.24, 2.45) is 11.3 Å². The van der Waals surface area contributed by atoms with Gasteiger partial charge < -0.3 is 10.4 Å². The summed E-state index contributed by atoms with van der Waals surface area (Å²) in [5.41, 5.74) is 1.62. The van der Waals surface area contributed by atoms with Gasteiger partial charge in [-0.15, -0.1) is 0 Å². The fourth-order valence-corrected chi connectivity index (χ4v) is 3.35. The topological polar surface area (TPSA) is 32.3 Å². The van der Waals surface area contributed by atoms with Crippen LogP contribution in [0.15, 0.2) is 30.3 Å². The molecule has 0 bridgehead atoms. The van der Waals surface area contributed by atoms with E-state index in [4.69, 9.17) is 0 Å². The van der Waals surface area contributed by atoms with Crippen LogP contribution < -0.4 is 5.32 Å². The highest BCUT2D eigenvalue weighted by Crippen LogP contribution is 2.38. The monoisotopic (exact) mass is 275 g/mol. The molecular formula is C18H29NO. The van der Waals surface area contributed by atoms with Gasteiger partial charge in [-0.1, -0.05) is 51.1 Å². The summed E-state index contributed by atoms with van der Waals surface area (Å²) < 4.78 is 0. The van der Waals surface area contributed by atoms with Crippen LogP contribution in [0.4, 0.5) is 0 Å². The molecule has 2 nitrogen and oxygen atoms in total. The first kappa shape index (κ1) is 15.5. The SMILES string of the molecule is CC(C)(C)C1CCC(N[C@H](CO)c2ccccc2)CC1. The summed E-state index contributed by atoms with van der Waals surface area (Å²) in [6.07, 6.45) is 5.05. The largest absolute Gasteiger partial charge is 0.394 e. The molecule has 0 heterocycles. The molecule has 0 saturated heterocycles. The lowest BCUT2D eigenvalue weighted by molar-refractivity contribution is 0.147. The predicted octanol–water partition coefficient (Wildman–Crippen LogP) is 3.91. The average molecular weight is 275 g/mol. The number of aliphatic hydroxyl groups is 1. The number of benzene rings is 1. The lowest BCUT2D eigenvalue weighted by atomic mass is 9.71. The molecule has 0 aliphatic heterocycles. The second kappa shape index (κ2) is 6.73. The maximum Gasteiger partial charge on any atom is 0.0626 e. The standard InChI is InChI=1S/C18H29NO/c1-18(2,3)15-9-11-16(12-10-15)19-17(13-20)14-7-5-4-6-8-14/h4-8,15-17,19-20H,9-13H2,1-3H3/t15?,16?,17-/m1/s1. The minimum absolute atomic E-state index is 0.0763. The fourth-order valence-electron chi connectivity index (χ4n) is 3.35. The third-order valence-electron chi connectivity index (χ3n) is 4.77. The van der Waals surface area contributed by atoms with Crippen molar-refractivity contribution in [1.29, 1.82) is 0 Å². The van der Waals surface area contributed by atoms with Gasteiger partial charge in [0.2, 0.25) is 0 Å². The van der Waals surface area contributed by atoms with Crippen molar-refractivity contribution in [2.45, 2.75) is 58.5 Å². The van der Waals surface area contributed by atoms with Crippen LogP contribution in [0.5, 0.6) is 0 Å². The predicted molar refractivity (Wildman–Crippen MR) is 84.6 cm³/mol. The normalized spacial score (nSPS) is 25.4. The molecule has 1 aromatic carbocycles. The van der Waals surface area contributed by atoms with Crippen LogP contribution in [0.25, 0.3) is 0 Å². The molecule has 2 N–H and O–H groups in total. The van der Waals surface area contributed by atoms with E-state index >= 15 is 0 Å². The van der Waals surface area contributed by atoms with Crippen molar-refractivity contribution < 1.29 is 5.11 Å². The van der Waals surface area contributed by atoms with Gasteiger partial charge in [0.15, 0.2) is 0 Å². The second-order valence-electron chi connectivity index (χ2n) is 7.23. The van der Waals surface area contributed by atoms with Crippen molar-refractivity contribution in [3.8, 4) is 0 Å². The van der Waals surface area contributed by atoms with Gasteiger partial charge in [0, 0.05) is 6.04 Å². The molecule has 2 rings (SSSR count). The zero-order chi connectivity index (χ0) is 14.6. The van der Waals surface area contributed by atoms with E-state index < -0.39 is 0 Å². The number of hydrogen-bond acceptors (Lipinski definition) is 2. The molecule has 1 atom stereocenters. The first-order chi connectivity index (χ1) is 9.50. The van der Waals surface area contributed by atoms with Crippen LogP contribution >= 0.6 is 0 Å². The second-order valence-corrected chi connectivity index (χ2v) is 7.23. The van der Waals surface area contributed by atoms with Crippen molar-refractivity contribution in [1.82, 2.24) is 5.32 Å². The molecule has 0 aromatic heterocycles. The highest BCUT2D eigenvalue weighted by Gasteiger charge is 2.30. The summed E-state index contributed by atoms with van der Waals surface area (Å²) in [6, 6.07) is 10.9. The number of hydrogen-bond donors (Lipinski definition) is 2. The Balaban J connectivity index is 1.88. The maximum atomic E-state index is 9.63. The Morgan fingerprint density at radius 2 is 1.70 bits per heavy atom. The molecule has 1 aromatic rings. The van der Waals surface area contributed by atoms with Crippen LogP contribution in [0, 0.1) is 11.3 Å². The summed E-state index contributed by atoms with van der Waals surface area (Å²) in [4.78, 5) is 0. The molecule has 0 amide bonds. The molecule has 20 heavy (non-hydrogen) atoms. The van der Waals surface area contributed by atoms with Crippen LogP contribution in [-0.2, 0) is 0 Å². The van der Waals surface area contributed by atoms with Gasteiger partial charge in [-0.25, -0.2) is 0 Å². The zero-order valence-corrected chi connectivity index (χ0v) is 13.1. The van der Waals surface area contributed by atoms with Crippen molar-refractivity contribution in [3.05, 3.63) is 35.9 Å². The molecular weight excluding hydrogens is 246 g/mol. The summed E-state index contributed by atoms with van der Waals surface area (Å²) in [7, 11) is 0. The minimum atomic E-state index is 0.0763. The summed E-state index contributed by atoms with van der Waals surface area (Å²) in [5.74, 6) is 0.838. The van der Waals surface area contributed by atoms with E-state index in [2.05, 4.69) is 38.2 Å². The molecule has 1 saturated carbocycles. The minimum Gasteiger partial charge on any atom is -0.394 e. The van der Waals surface area contributed by atoms with Gasteiger partial charge in [-0.2, -0.15) is 0 Å². The highest BCUT2D eigenvalue weighted by atomic mass is 16.3. The third-order valence-corrected chi connectivity index (χ3v) is 4.77. The van der Waals surface area contributed by atoms with Gasteiger partial charge in [0.25, 0.3) is 0 Å². The molecule has 112 valence electrons. The van der Waals surface area contributed by atoms with Crippen LogP contribution in [-0.4, -0.2) is 17.8 Å². The molecule has 1 fully saturated rings. The third kappa shape index (κ3) is 4.07. The first-order valence-electron chi connectivity index (χ1n) is 7.92. The Morgan fingerprint density at radius 1 is 1.10 bits per heavy atom. The van der Waals surface area contributed by atoms with E-state index in [0.717, 1.165) is 5.92 Å². The van der Waals surface area contributed by atoms with Crippen LogP contribution in [0.1, 0.15) is 58.1 Å². The van der Waals surface area contributed by atoms with E-state index in [9.17, 15) is 5.11 Å². The molecule has 0 unspecified atom stereocenters. The highest BCUT2D eigenvalue weighted by molar-refractivity contribution is 5.19. The Morgan fingerprint density at radius 3 is 2.20 bits per heavy atom.